The summed E-state index contributed by atoms with van der Waals surface area (Å²) in [5, 5.41) is 5.28. The molecule has 0 atom stereocenters. The minimum atomic E-state index is -3.68. The van der Waals surface area contributed by atoms with Gasteiger partial charge in [0.05, 0.1) is 23.3 Å². The van der Waals surface area contributed by atoms with Crippen molar-refractivity contribution in [3.05, 3.63) is 76.5 Å². The van der Waals surface area contributed by atoms with Gasteiger partial charge < -0.3 is 0 Å². The second kappa shape index (κ2) is 6.84. The maximum absolute atomic E-state index is 12.3. The summed E-state index contributed by atoms with van der Waals surface area (Å²) < 4.78 is 28.8. The van der Waals surface area contributed by atoms with E-state index < -0.39 is 10.0 Å². The molecule has 5 nitrogen and oxygen atoms in total. The molecule has 124 valence electrons. The fraction of sp³-hybridized carbons (Fsp3) is 0.0625. The number of nitrogens with zero attached hydrogens (tertiary/aromatic N) is 2. The Hall–Kier alpha value is -2.02. The fourth-order valence-corrected chi connectivity index (χ4v) is 3.52. The number of anilines is 1. The molecule has 3 rings (SSSR count). The predicted molar refractivity (Wildman–Crippen MR) is 95.0 cm³/mol. The number of sulfonamides is 1. The van der Waals surface area contributed by atoms with Crippen molar-refractivity contribution in [1.29, 1.82) is 0 Å². The third kappa shape index (κ3) is 4.08. The van der Waals surface area contributed by atoms with Crippen LogP contribution in [0.25, 0.3) is 0 Å². The minimum Gasteiger partial charge on any atom is -0.276 e. The summed E-state index contributed by atoms with van der Waals surface area (Å²) in [6, 6.07) is 13.3. The van der Waals surface area contributed by atoms with Crippen LogP contribution in [-0.2, 0) is 16.6 Å². The van der Waals surface area contributed by atoms with Crippen LogP contribution < -0.4 is 4.72 Å². The molecule has 0 aliphatic carbocycles. The van der Waals surface area contributed by atoms with Crippen molar-refractivity contribution in [3.8, 4) is 0 Å². The fourth-order valence-electron chi connectivity index (χ4n) is 2.15. The van der Waals surface area contributed by atoms with Gasteiger partial charge in [-0.05, 0) is 42.0 Å². The van der Waals surface area contributed by atoms with E-state index in [2.05, 4.69) is 9.82 Å². The standard InChI is InChI=1S/C16H13Cl2N3O2S/c17-13-4-6-16(7-5-13)24(22,23)20-15-9-19-21(11-15)10-12-2-1-3-14(18)8-12/h1-9,11,20H,10H2. The van der Waals surface area contributed by atoms with Crippen LogP contribution in [0.3, 0.4) is 0 Å². The minimum absolute atomic E-state index is 0.134. The van der Waals surface area contributed by atoms with E-state index in [9.17, 15) is 8.42 Å². The third-order valence-electron chi connectivity index (χ3n) is 3.24. The second-order valence-corrected chi connectivity index (χ2v) is 7.67. The Kier molecular flexibility index (Phi) is 4.80. The molecule has 0 unspecified atom stereocenters. The maximum Gasteiger partial charge on any atom is 0.261 e. The van der Waals surface area contributed by atoms with E-state index in [1.807, 2.05) is 18.2 Å². The Morgan fingerprint density at radius 2 is 1.79 bits per heavy atom. The molecule has 2 aromatic carbocycles. The van der Waals surface area contributed by atoms with Gasteiger partial charge in [0, 0.05) is 16.2 Å². The predicted octanol–water partition coefficient (Wildman–Crippen LogP) is 4.04. The lowest BCUT2D eigenvalue weighted by atomic mass is 10.2. The van der Waals surface area contributed by atoms with Gasteiger partial charge in [-0.25, -0.2) is 8.42 Å². The molecule has 0 aliphatic rings. The zero-order chi connectivity index (χ0) is 17.2. The molecule has 0 saturated heterocycles. The van der Waals surface area contributed by atoms with Crippen LogP contribution in [0, 0.1) is 0 Å². The molecule has 8 heteroatoms. The number of halogens is 2. The van der Waals surface area contributed by atoms with Gasteiger partial charge in [0.1, 0.15) is 0 Å². The molecule has 0 aliphatic heterocycles. The van der Waals surface area contributed by atoms with E-state index in [1.165, 1.54) is 30.5 Å². The number of benzene rings is 2. The highest BCUT2D eigenvalue weighted by molar-refractivity contribution is 7.92. The summed E-state index contributed by atoms with van der Waals surface area (Å²) in [6.45, 7) is 0.489. The molecule has 0 radical (unpaired) electrons. The highest BCUT2D eigenvalue weighted by Crippen LogP contribution is 2.18. The van der Waals surface area contributed by atoms with E-state index in [4.69, 9.17) is 23.2 Å². The summed E-state index contributed by atoms with van der Waals surface area (Å²) in [7, 11) is -3.68. The zero-order valence-electron chi connectivity index (χ0n) is 12.4. The largest absolute Gasteiger partial charge is 0.276 e. The first kappa shape index (κ1) is 16.8. The number of hydrogen-bond acceptors (Lipinski definition) is 3. The molecule has 24 heavy (non-hydrogen) atoms. The first-order chi connectivity index (χ1) is 11.4. The van der Waals surface area contributed by atoms with Gasteiger partial charge in [-0.1, -0.05) is 35.3 Å². The van der Waals surface area contributed by atoms with Gasteiger partial charge in [0.2, 0.25) is 0 Å². The van der Waals surface area contributed by atoms with Gasteiger partial charge in [0.25, 0.3) is 10.0 Å². The molecule has 0 bridgehead atoms. The van der Waals surface area contributed by atoms with Crippen LogP contribution in [-0.4, -0.2) is 18.2 Å². The molecular weight excluding hydrogens is 369 g/mol. The molecular formula is C16H13Cl2N3O2S. The normalized spacial score (nSPS) is 11.4. The van der Waals surface area contributed by atoms with Gasteiger partial charge in [-0.3, -0.25) is 9.40 Å². The SMILES string of the molecule is O=S(=O)(Nc1cnn(Cc2cccc(Cl)c2)c1)c1ccc(Cl)cc1. The number of hydrogen-bond donors (Lipinski definition) is 1. The van der Waals surface area contributed by atoms with E-state index in [0.717, 1.165) is 5.56 Å². The molecule has 0 amide bonds. The Morgan fingerprint density at radius 1 is 1.04 bits per heavy atom. The summed E-state index contributed by atoms with van der Waals surface area (Å²) >= 11 is 11.7. The van der Waals surface area contributed by atoms with Crippen molar-refractivity contribution in [2.75, 3.05) is 4.72 Å². The summed E-state index contributed by atoms with van der Waals surface area (Å²) in [6.07, 6.45) is 3.08. The lowest BCUT2D eigenvalue weighted by molar-refractivity contribution is 0.601. The Balaban J connectivity index is 1.75. The van der Waals surface area contributed by atoms with Crippen LogP contribution in [0.5, 0.6) is 0 Å². The Morgan fingerprint density at radius 3 is 2.50 bits per heavy atom. The average Bonchev–Trinajstić information content (AvgIpc) is 2.94. The molecule has 3 aromatic rings. The summed E-state index contributed by atoms with van der Waals surface area (Å²) in [5.41, 5.74) is 1.35. The molecule has 0 saturated carbocycles. The monoisotopic (exact) mass is 381 g/mol. The Labute approximate surface area is 149 Å². The van der Waals surface area contributed by atoms with Crippen molar-refractivity contribution >= 4 is 38.9 Å². The molecule has 0 fully saturated rings. The zero-order valence-corrected chi connectivity index (χ0v) is 14.7. The van der Waals surface area contributed by atoms with E-state index >= 15 is 0 Å². The van der Waals surface area contributed by atoms with Crippen molar-refractivity contribution in [2.45, 2.75) is 11.4 Å². The van der Waals surface area contributed by atoms with Crippen molar-refractivity contribution in [2.24, 2.45) is 0 Å². The summed E-state index contributed by atoms with van der Waals surface area (Å²) in [4.78, 5) is 0.134. The second-order valence-electron chi connectivity index (χ2n) is 5.12. The first-order valence-corrected chi connectivity index (χ1v) is 9.21. The first-order valence-electron chi connectivity index (χ1n) is 6.98. The van der Waals surface area contributed by atoms with E-state index in [0.29, 0.717) is 22.3 Å². The van der Waals surface area contributed by atoms with Gasteiger partial charge in [-0.2, -0.15) is 5.10 Å². The van der Waals surface area contributed by atoms with Crippen LogP contribution in [0.1, 0.15) is 5.56 Å². The topological polar surface area (TPSA) is 64.0 Å². The highest BCUT2D eigenvalue weighted by Gasteiger charge is 2.15. The maximum atomic E-state index is 12.3. The molecule has 1 heterocycles. The molecule has 0 spiro atoms. The van der Waals surface area contributed by atoms with E-state index in [1.54, 1.807) is 16.9 Å². The van der Waals surface area contributed by atoms with Gasteiger partial charge in [0.15, 0.2) is 0 Å². The van der Waals surface area contributed by atoms with Crippen molar-refractivity contribution in [3.63, 3.8) is 0 Å². The molecule has 1 N–H and O–H groups in total. The van der Waals surface area contributed by atoms with Gasteiger partial charge >= 0.3 is 0 Å². The summed E-state index contributed by atoms with van der Waals surface area (Å²) in [5.74, 6) is 0. The number of rotatable bonds is 5. The Bertz CT molecular complexity index is 953. The average molecular weight is 382 g/mol. The van der Waals surface area contributed by atoms with E-state index in [-0.39, 0.29) is 4.90 Å². The third-order valence-corrected chi connectivity index (χ3v) is 5.13. The van der Waals surface area contributed by atoms with Gasteiger partial charge in [-0.15, -0.1) is 0 Å². The van der Waals surface area contributed by atoms with Crippen LogP contribution in [0.4, 0.5) is 5.69 Å². The lowest BCUT2D eigenvalue weighted by Crippen LogP contribution is -2.12. The quantitative estimate of drug-likeness (QED) is 0.725. The molecule has 1 aromatic heterocycles. The number of nitrogens with one attached hydrogen (secondary N) is 1. The van der Waals surface area contributed by atoms with Crippen molar-refractivity contribution in [1.82, 2.24) is 9.78 Å². The lowest BCUT2D eigenvalue weighted by Gasteiger charge is -2.06. The van der Waals surface area contributed by atoms with Crippen LogP contribution in [0.15, 0.2) is 65.8 Å². The van der Waals surface area contributed by atoms with Crippen LogP contribution in [0.2, 0.25) is 10.0 Å². The number of aromatic nitrogens is 2. The van der Waals surface area contributed by atoms with Crippen molar-refractivity contribution < 1.29 is 8.42 Å². The highest BCUT2D eigenvalue weighted by atomic mass is 35.5. The van der Waals surface area contributed by atoms with Crippen LogP contribution >= 0.6 is 23.2 Å². The smallest absolute Gasteiger partial charge is 0.261 e.